The molecule has 2 fully saturated rings. The lowest BCUT2D eigenvalue weighted by atomic mass is 9.53. The van der Waals surface area contributed by atoms with Crippen LogP contribution in [0.15, 0.2) is 47.1 Å². The third kappa shape index (κ3) is 5.09. The first-order chi connectivity index (χ1) is 18.7. The van der Waals surface area contributed by atoms with E-state index in [1.54, 1.807) is 13.0 Å². The van der Waals surface area contributed by atoms with Crippen LogP contribution in [0.2, 0.25) is 0 Å². The number of ether oxygens (including phenoxy) is 1. The Balaban J connectivity index is 1.60. The van der Waals surface area contributed by atoms with Gasteiger partial charge in [-0.1, -0.05) is 38.0 Å². The zero-order valence-electron chi connectivity index (χ0n) is 23.7. The Morgan fingerprint density at radius 2 is 1.95 bits per heavy atom. The maximum absolute atomic E-state index is 13.4. The average Bonchev–Trinajstić information content (AvgIpc) is 3.33. The van der Waals surface area contributed by atoms with Crippen molar-refractivity contribution in [2.75, 3.05) is 25.6 Å². The number of hydrogen-bond acceptors (Lipinski definition) is 7. The summed E-state index contributed by atoms with van der Waals surface area (Å²) in [6.07, 6.45) is 6.82. The summed E-state index contributed by atoms with van der Waals surface area (Å²) < 4.78 is 5.64. The summed E-state index contributed by atoms with van der Waals surface area (Å²) in [6.45, 7) is 3.60. The number of rotatable bonds is 8. The molecule has 39 heavy (non-hydrogen) atoms. The fourth-order valence-electron chi connectivity index (χ4n) is 8.13. The maximum atomic E-state index is 13.4. The topological polar surface area (TPSA) is 96.3 Å². The average molecular weight is 538 g/mol. The monoisotopic (exact) mass is 537 g/mol. The predicted molar refractivity (Wildman–Crippen MR) is 149 cm³/mol. The molecule has 0 aliphatic heterocycles. The molecule has 7 atom stereocenters. The summed E-state index contributed by atoms with van der Waals surface area (Å²) in [5, 5.41) is 19.4. The van der Waals surface area contributed by atoms with Crippen LogP contribution in [-0.4, -0.2) is 55.0 Å². The van der Waals surface area contributed by atoms with Gasteiger partial charge in [-0.05, 0) is 90.7 Å². The van der Waals surface area contributed by atoms with E-state index >= 15 is 0 Å². The molecule has 0 saturated heterocycles. The number of fused-ring (bicyclic) bond motifs is 4. The second kappa shape index (κ2) is 11.2. The summed E-state index contributed by atoms with van der Waals surface area (Å²) in [5.41, 5.74) is 6.56. The SMILES string of the molecule is CCC(=O)OC(C(CO)OO)C1CC2=C3[C@@H](CCC2=CC1=O)[C@@H]1CCC[C@@]1(C)C[C@@H]3c1ccc(N(C)C)cc1. The summed E-state index contributed by atoms with van der Waals surface area (Å²) in [7, 11) is 4.10. The van der Waals surface area contributed by atoms with Crippen molar-refractivity contribution in [3.05, 3.63) is 52.6 Å². The lowest BCUT2D eigenvalue weighted by molar-refractivity contribution is -0.307. The van der Waals surface area contributed by atoms with Gasteiger partial charge in [-0.15, -0.1) is 0 Å². The van der Waals surface area contributed by atoms with Gasteiger partial charge in [-0.25, -0.2) is 4.89 Å². The van der Waals surface area contributed by atoms with E-state index in [2.05, 4.69) is 55.1 Å². The van der Waals surface area contributed by atoms with E-state index in [0.717, 1.165) is 24.8 Å². The van der Waals surface area contributed by atoms with Gasteiger partial charge in [0, 0.05) is 32.1 Å². The molecule has 0 radical (unpaired) electrons. The van der Waals surface area contributed by atoms with Crippen LogP contribution in [0.1, 0.15) is 76.7 Å². The molecule has 4 aliphatic carbocycles. The van der Waals surface area contributed by atoms with Crippen molar-refractivity contribution < 1.29 is 29.6 Å². The Hall–Kier alpha value is -2.48. The molecule has 0 amide bonds. The molecule has 0 aromatic heterocycles. The number of carbonyl (C=O) groups excluding carboxylic acids is 2. The van der Waals surface area contributed by atoms with Crippen LogP contribution in [0.3, 0.4) is 0 Å². The van der Waals surface area contributed by atoms with E-state index in [1.165, 1.54) is 41.7 Å². The molecule has 0 heterocycles. The standard InChI is InChI=1S/C32H43NO6/c1-5-29(36)38-31(28(18-34)39-37)24-16-23-20(15-27(24)35)10-13-22-26-7-6-14-32(26,2)17-25(30(22)23)19-8-11-21(12-9-19)33(3)4/h8-9,11-12,15,22,24-26,28,31,34,37H,5-7,10,13-14,16-18H2,1-4H3/t22-,24?,25+,26-,28?,31?,32-/m0/s1. The number of benzene rings is 1. The van der Waals surface area contributed by atoms with Crippen LogP contribution >= 0.6 is 0 Å². The van der Waals surface area contributed by atoms with E-state index < -0.39 is 30.7 Å². The highest BCUT2D eigenvalue weighted by Crippen LogP contribution is 2.64. The third-order valence-corrected chi connectivity index (χ3v) is 10.1. The van der Waals surface area contributed by atoms with Crippen LogP contribution in [0, 0.1) is 23.2 Å². The summed E-state index contributed by atoms with van der Waals surface area (Å²) in [4.78, 5) is 32.4. The van der Waals surface area contributed by atoms with Crippen molar-refractivity contribution in [1.82, 2.24) is 0 Å². The molecule has 7 nitrogen and oxygen atoms in total. The number of esters is 1. The van der Waals surface area contributed by atoms with Crippen molar-refractivity contribution in [2.24, 2.45) is 23.2 Å². The lowest BCUT2D eigenvalue weighted by Crippen LogP contribution is -2.46. The molecule has 2 N–H and O–H groups in total. The van der Waals surface area contributed by atoms with Gasteiger partial charge < -0.3 is 14.7 Å². The van der Waals surface area contributed by atoms with Crippen molar-refractivity contribution in [3.63, 3.8) is 0 Å². The first kappa shape index (κ1) is 28.1. The predicted octanol–water partition coefficient (Wildman–Crippen LogP) is 5.44. The fourth-order valence-corrected chi connectivity index (χ4v) is 8.13. The molecule has 5 rings (SSSR count). The highest BCUT2D eigenvalue weighted by atomic mass is 17.1. The van der Waals surface area contributed by atoms with Crippen LogP contribution in [0.4, 0.5) is 5.69 Å². The van der Waals surface area contributed by atoms with Crippen LogP contribution in [0.25, 0.3) is 0 Å². The third-order valence-electron chi connectivity index (χ3n) is 10.1. The van der Waals surface area contributed by atoms with Gasteiger partial charge in [0.1, 0.15) is 6.10 Å². The number of hydrogen-bond donors (Lipinski definition) is 2. The molecular formula is C32H43NO6. The van der Waals surface area contributed by atoms with Gasteiger partial charge in [-0.2, -0.15) is 0 Å². The maximum Gasteiger partial charge on any atom is 0.305 e. The molecule has 1 aromatic rings. The molecule has 7 heteroatoms. The smallest absolute Gasteiger partial charge is 0.305 e. The highest BCUT2D eigenvalue weighted by Gasteiger charge is 2.53. The van der Waals surface area contributed by atoms with Crippen LogP contribution in [-0.2, 0) is 19.2 Å². The highest BCUT2D eigenvalue weighted by molar-refractivity contribution is 5.96. The molecule has 3 unspecified atom stereocenters. The quantitative estimate of drug-likeness (QED) is 0.259. The van der Waals surface area contributed by atoms with E-state index in [4.69, 9.17) is 4.74 Å². The van der Waals surface area contributed by atoms with E-state index in [-0.39, 0.29) is 18.1 Å². The summed E-state index contributed by atoms with van der Waals surface area (Å²) >= 11 is 0. The molecule has 0 spiro atoms. The molecule has 4 aliphatic rings. The summed E-state index contributed by atoms with van der Waals surface area (Å²) in [6, 6.07) is 8.91. The van der Waals surface area contributed by atoms with Crippen molar-refractivity contribution >= 4 is 17.4 Å². The van der Waals surface area contributed by atoms with E-state index in [9.17, 15) is 20.0 Å². The van der Waals surface area contributed by atoms with Gasteiger partial charge in [0.25, 0.3) is 0 Å². The number of ketones is 1. The molecule has 212 valence electrons. The second-order valence-corrected chi connectivity index (χ2v) is 12.5. The number of carbonyl (C=O) groups is 2. The molecule has 1 aromatic carbocycles. The Bertz CT molecular complexity index is 1150. The fraction of sp³-hybridized carbons (Fsp3) is 0.625. The minimum Gasteiger partial charge on any atom is -0.459 e. The van der Waals surface area contributed by atoms with Gasteiger partial charge in [0.2, 0.25) is 0 Å². The number of aliphatic hydroxyl groups excluding tert-OH is 1. The lowest BCUT2D eigenvalue weighted by Gasteiger charge is -2.51. The number of allylic oxidation sites excluding steroid dienone is 4. The zero-order valence-corrected chi connectivity index (χ0v) is 23.7. The van der Waals surface area contributed by atoms with E-state index in [0.29, 0.717) is 23.7 Å². The van der Waals surface area contributed by atoms with E-state index in [1.807, 2.05) is 0 Å². The summed E-state index contributed by atoms with van der Waals surface area (Å²) in [5.74, 6) is 0.0156. The Kier molecular flexibility index (Phi) is 8.05. The Morgan fingerprint density at radius 1 is 1.21 bits per heavy atom. The largest absolute Gasteiger partial charge is 0.459 e. The molecule has 0 bridgehead atoms. The van der Waals surface area contributed by atoms with Crippen molar-refractivity contribution in [3.8, 4) is 0 Å². The minimum atomic E-state index is -1.19. The first-order valence-corrected chi connectivity index (χ1v) is 14.6. The van der Waals surface area contributed by atoms with Gasteiger partial charge in [-0.3, -0.25) is 14.8 Å². The molecular weight excluding hydrogens is 494 g/mol. The number of nitrogens with zero attached hydrogens (tertiary/aromatic N) is 1. The Morgan fingerprint density at radius 3 is 2.59 bits per heavy atom. The van der Waals surface area contributed by atoms with Crippen molar-refractivity contribution in [1.29, 1.82) is 0 Å². The van der Waals surface area contributed by atoms with Gasteiger partial charge in [0.05, 0.1) is 12.5 Å². The van der Waals surface area contributed by atoms with Crippen LogP contribution in [0.5, 0.6) is 0 Å². The normalized spacial score (nSPS) is 31.5. The van der Waals surface area contributed by atoms with Crippen LogP contribution < -0.4 is 4.90 Å². The zero-order chi connectivity index (χ0) is 27.9. The number of aliphatic hydroxyl groups is 1. The van der Waals surface area contributed by atoms with Crippen molar-refractivity contribution in [2.45, 2.75) is 83.3 Å². The molecule has 2 saturated carbocycles. The Labute approximate surface area is 231 Å². The van der Waals surface area contributed by atoms with Gasteiger partial charge in [0.15, 0.2) is 11.9 Å². The second-order valence-electron chi connectivity index (χ2n) is 12.5. The number of anilines is 1. The van der Waals surface area contributed by atoms with Gasteiger partial charge >= 0.3 is 5.97 Å². The minimum absolute atomic E-state index is 0.128. The first-order valence-electron chi connectivity index (χ1n) is 14.6.